The minimum atomic E-state index is 0.604. The first-order chi connectivity index (χ1) is 7.84. The quantitative estimate of drug-likeness (QED) is 0.752. The first kappa shape index (κ1) is 10.3. The Morgan fingerprint density at radius 1 is 1.25 bits per heavy atom. The fourth-order valence-corrected chi connectivity index (χ4v) is 2.69. The van der Waals surface area contributed by atoms with E-state index in [9.17, 15) is 0 Å². The van der Waals surface area contributed by atoms with E-state index in [1.807, 2.05) is 6.20 Å². The van der Waals surface area contributed by atoms with Gasteiger partial charge in [0.15, 0.2) is 0 Å². The molecule has 0 spiro atoms. The first-order valence-corrected chi connectivity index (χ1v) is 6.16. The van der Waals surface area contributed by atoms with Crippen LogP contribution in [0.3, 0.4) is 0 Å². The molecule has 0 saturated carbocycles. The molecule has 4 nitrogen and oxygen atoms in total. The Bertz CT molecular complexity index is 351. The van der Waals surface area contributed by atoms with Gasteiger partial charge in [0.25, 0.3) is 0 Å². The molecular weight excluding hydrogens is 202 g/mol. The Morgan fingerprint density at radius 2 is 2.00 bits per heavy atom. The van der Waals surface area contributed by atoms with E-state index in [0.29, 0.717) is 12.1 Å². The molecule has 4 heteroatoms. The second-order valence-electron chi connectivity index (χ2n) is 4.88. The van der Waals surface area contributed by atoms with Gasteiger partial charge in [-0.15, -0.1) is 0 Å². The standard InChI is InChI=1S/C12H19N3O/c1-10-2-5-13-15(10)11-3-6-14(7-4-11)12-8-16-9-12/h2,5,11-12H,3-4,6-9H2,1H3. The summed E-state index contributed by atoms with van der Waals surface area (Å²) in [4.78, 5) is 2.57. The van der Waals surface area contributed by atoms with Gasteiger partial charge in [-0.25, -0.2) is 0 Å². The summed E-state index contributed by atoms with van der Waals surface area (Å²) in [5.41, 5.74) is 1.28. The van der Waals surface area contributed by atoms with E-state index in [4.69, 9.17) is 4.74 Å². The van der Waals surface area contributed by atoms with Gasteiger partial charge < -0.3 is 4.74 Å². The molecule has 0 aromatic carbocycles. The topological polar surface area (TPSA) is 30.3 Å². The lowest BCUT2D eigenvalue weighted by atomic mass is 10.0. The molecule has 0 unspecified atom stereocenters. The molecule has 2 aliphatic rings. The molecule has 2 fully saturated rings. The molecule has 0 atom stereocenters. The number of likely N-dealkylation sites (tertiary alicyclic amines) is 1. The van der Waals surface area contributed by atoms with Crippen LogP contribution in [0.1, 0.15) is 24.6 Å². The van der Waals surface area contributed by atoms with Gasteiger partial charge in [0.05, 0.1) is 25.3 Å². The zero-order chi connectivity index (χ0) is 11.0. The lowest BCUT2D eigenvalue weighted by molar-refractivity contribution is -0.0735. The van der Waals surface area contributed by atoms with Crippen molar-refractivity contribution in [1.29, 1.82) is 0 Å². The van der Waals surface area contributed by atoms with Gasteiger partial charge in [-0.3, -0.25) is 9.58 Å². The van der Waals surface area contributed by atoms with Gasteiger partial charge in [-0.05, 0) is 25.8 Å². The van der Waals surface area contributed by atoms with Gasteiger partial charge in [0, 0.05) is 25.0 Å². The molecule has 3 rings (SSSR count). The van der Waals surface area contributed by atoms with Crippen LogP contribution in [-0.4, -0.2) is 47.0 Å². The average Bonchev–Trinajstić information content (AvgIpc) is 2.63. The number of aryl methyl sites for hydroxylation is 1. The molecule has 0 N–H and O–H groups in total. The molecule has 16 heavy (non-hydrogen) atoms. The van der Waals surface area contributed by atoms with Crippen molar-refractivity contribution in [1.82, 2.24) is 14.7 Å². The van der Waals surface area contributed by atoms with Crippen LogP contribution in [0.15, 0.2) is 12.3 Å². The molecule has 0 radical (unpaired) electrons. The Labute approximate surface area is 96.2 Å². The van der Waals surface area contributed by atoms with Crippen LogP contribution < -0.4 is 0 Å². The van der Waals surface area contributed by atoms with Crippen molar-refractivity contribution in [2.24, 2.45) is 0 Å². The van der Waals surface area contributed by atoms with Crippen LogP contribution in [-0.2, 0) is 4.74 Å². The summed E-state index contributed by atoms with van der Waals surface area (Å²) < 4.78 is 7.44. The molecule has 1 aromatic rings. The van der Waals surface area contributed by atoms with Crippen LogP contribution in [0.4, 0.5) is 0 Å². The minimum absolute atomic E-state index is 0.604. The van der Waals surface area contributed by atoms with E-state index in [0.717, 1.165) is 13.2 Å². The van der Waals surface area contributed by atoms with Gasteiger partial charge in [0.1, 0.15) is 0 Å². The van der Waals surface area contributed by atoms with E-state index in [2.05, 4.69) is 27.7 Å². The Morgan fingerprint density at radius 3 is 2.50 bits per heavy atom. The first-order valence-electron chi connectivity index (χ1n) is 6.16. The van der Waals surface area contributed by atoms with Crippen LogP contribution in [0, 0.1) is 6.92 Å². The van der Waals surface area contributed by atoms with Gasteiger partial charge in [-0.1, -0.05) is 0 Å². The maximum absolute atomic E-state index is 5.25. The number of rotatable bonds is 2. The fraction of sp³-hybridized carbons (Fsp3) is 0.750. The minimum Gasteiger partial charge on any atom is -0.378 e. The second kappa shape index (κ2) is 4.18. The summed E-state index contributed by atoms with van der Waals surface area (Å²) in [6.07, 6.45) is 4.35. The highest BCUT2D eigenvalue weighted by atomic mass is 16.5. The summed E-state index contributed by atoms with van der Waals surface area (Å²) in [6, 6.07) is 3.39. The number of hydrogen-bond donors (Lipinski definition) is 0. The summed E-state index contributed by atoms with van der Waals surface area (Å²) in [5, 5.41) is 4.42. The molecule has 0 aliphatic carbocycles. The van der Waals surface area contributed by atoms with Crippen molar-refractivity contribution >= 4 is 0 Å². The summed E-state index contributed by atoms with van der Waals surface area (Å²) >= 11 is 0. The third kappa shape index (κ3) is 1.76. The molecule has 3 heterocycles. The largest absolute Gasteiger partial charge is 0.378 e. The molecule has 88 valence electrons. The highest BCUT2D eigenvalue weighted by molar-refractivity contribution is 4.99. The fourth-order valence-electron chi connectivity index (χ4n) is 2.69. The van der Waals surface area contributed by atoms with E-state index >= 15 is 0 Å². The Hall–Kier alpha value is -0.870. The van der Waals surface area contributed by atoms with Gasteiger partial charge in [0.2, 0.25) is 0 Å². The second-order valence-corrected chi connectivity index (χ2v) is 4.88. The molecule has 0 amide bonds. The van der Waals surface area contributed by atoms with Gasteiger partial charge in [-0.2, -0.15) is 5.10 Å². The summed E-state index contributed by atoms with van der Waals surface area (Å²) in [6.45, 7) is 6.39. The molecular formula is C12H19N3O. The number of aromatic nitrogens is 2. The Balaban J connectivity index is 1.60. The lowest BCUT2D eigenvalue weighted by Crippen LogP contribution is -2.51. The molecule has 2 aliphatic heterocycles. The van der Waals surface area contributed by atoms with Crippen molar-refractivity contribution in [3.63, 3.8) is 0 Å². The summed E-state index contributed by atoms with van der Waals surface area (Å²) in [7, 11) is 0. The van der Waals surface area contributed by atoms with Crippen molar-refractivity contribution < 1.29 is 4.74 Å². The van der Waals surface area contributed by atoms with Crippen molar-refractivity contribution in [3.05, 3.63) is 18.0 Å². The van der Waals surface area contributed by atoms with E-state index in [1.54, 1.807) is 0 Å². The normalized spacial score (nSPS) is 24.6. The van der Waals surface area contributed by atoms with E-state index in [-0.39, 0.29) is 0 Å². The summed E-state index contributed by atoms with van der Waals surface area (Å²) in [5.74, 6) is 0. The van der Waals surface area contributed by atoms with E-state index < -0.39 is 0 Å². The number of piperidine rings is 1. The van der Waals surface area contributed by atoms with Crippen molar-refractivity contribution in [2.45, 2.75) is 31.8 Å². The van der Waals surface area contributed by atoms with Crippen LogP contribution in [0.2, 0.25) is 0 Å². The molecule has 1 aromatic heterocycles. The third-order valence-corrected chi connectivity index (χ3v) is 3.85. The van der Waals surface area contributed by atoms with Crippen LogP contribution >= 0.6 is 0 Å². The Kier molecular flexibility index (Phi) is 2.69. The highest BCUT2D eigenvalue weighted by Gasteiger charge is 2.30. The van der Waals surface area contributed by atoms with Crippen LogP contribution in [0.5, 0.6) is 0 Å². The third-order valence-electron chi connectivity index (χ3n) is 3.85. The van der Waals surface area contributed by atoms with Crippen LogP contribution in [0.25, 0.3) is 0 Å². The number of nitrogens with zero attached hydrogens (tertiary/aromatic N) is 3. The molecule has 0 bridgehead atoms. The zero-order valence-corrected chi connectivity index (χ0v) is 9.80. The highest BCUT2D eigenvalue weighted by Crippen LogP contribution is 2.25. The monoisotopic (exact) mass is 221 g/mol. The molecule has 2 saturated heterocycles. The van der Waals surface area contributed by atoms with E-state index in [1.165, 1.54) is 31.6 Å². The SMILES string of the molecule is Cc1ccnn1C1CCN(C2COC2)CC1. The number of hydrogen-bond acceptors (Lipinski definition) is 3. The van der Waals surface area contributed by atoms with Crippen molar-refractivity contribution in [3.8, 4) is 0 Å². The predicted octanol–water partition coefficient (Wildman–Crippen LogP) is 1.23. The average molecular weight is 221 g/mol. The maximum Gasteiger partial charge on any atom is 0.0645 e. The zero-order valence-electron chi connectivity index (χ0n) is 9.80. The lowest BCUT2D eigenvalue weighted by Gasteiger charge is -2.41. The smallest absolute Gasteiger partial charge is 0.0645 e. The van der Waals surface area contributed by atoms with Gasteiger partial charge >= 0.3 is 0 Å². The maximum atomic E-state index is 5.25. The predicted molar refractivity (Wildman–Crippen MR) is 61.4 cm³/mol. The van der Waals surface area contributed by atoms with Crippen molar-refractivity contribution in [2.75, 3.05) is 26.3 Å². The number of ether oxygens (including phenoxy) is 1.